The Kier molecular flexibility index (Phi) is 1.71. The fourth-order valence-electron chi connectivity index (χ4n) is 1.50. The summed E-state index contributed by atoms with van der Waals surface area (Å²) in [5.41, 5.74) is 1.28. The van der Waals surface area contributed by atoms with E-state index in [9.17, 15) is 5.21 Å². The predicted molar refractivity (Wildman–Crippen MR) is 42.2 cm³/mol. The van der Waals surface area contributed by atoms with Crippen molar-refractivity contribution in [1.82, 2.24) is 0 Å². The van der Waals surface area contributed by atoms with Gasteiger partial charge in [-0.3, -0.25) is 0 Å². The molecule has 1 aliphatic heterocycles. The van der Waals surface area contributed by atoms with Gasteiger partial charge in [-0.15, -0.1) is 0 Å². The molecule has 2 heteroatoms. The Morgan fingerprint density at radius 2 is 2.20 bits per heavy atom. The van der Waals surface area contributed by atoms with E-state index in [1.54, 1.807) is 0 Å². The van der Waals surface area contributed by atoms with Gasteiger partial charge in [0, 0.05) is 18.3 Å². The van der Waals surface area contributed by atoms with Crippen LogP contribution in [0.5, 0.6) is 0 Å². The summed E-state index contributed by atoms with van der Waals surface area (Å²) in [6.07, 6.45) is 1.89. The number of hydrogen-bond acceptors (Lipinski definition) is 1. The number of hydroxylamine groups is 1. The highest BCUT2D eigenvalue weighted by atomic mass is 16.5. The maximum Gasteiger partial charge on any atom is 0.164 e. The molecule has 0 N–H and O–H groups in total. The topological polar surface area (TPSA) is 26.1 Å². The minimum Gasteiger partial charge on any atom is -0.624 e. The minimum absolute atomic E-state index is 0.215. The molecule has 0 saturated heterocycles. The highest BCUT2D eigenvalue weighted by Crippen LogP contribution is 2.27. The van der Waals surface area contributed by atoms with Crippen LogP contribution in [0.1, 0.15) is 33.6 Å². The van der Waals surface area contributed by atoms with E-state index < -0.39 is 0 Å². The lowest BCUT2D eigenvalue weighted by Gasteiger charge is -2.10. The highest BCUT2D eigenvalue weighted by Gasteiger charge is 2.33. The van der Waals surface area contributed by atoms with Gasteiger partial charge in [-0.1, -0.05) is 20.8 Å². The Morgan fingerprint density at radius 1 is 1.60 bits per heavy atom. The molecule has 0 aromatic carbocycles. The maximum absolute atomic E-state index is 11.1. The molecule has 0 atom stereocenters. The van der Waals surface area contributed by atoms with Gasteiger partial charge in [0.25, 0.3) is 0 Å². The minimum atomic E-state index is 0.215. The molecule has 2 nitrogen and oxygen atoms in total. The van der Waals surface area contributed by atoms with Gasteiger partial charge in [-0.05, 0) is 0 Å². The average Bonchev–Trinajstić information content (AvgIpc) is 2.05. The number of hydrogen-bond donors (Lipinski definition) is 0. The van der Waals surface area contributed by atoms with Gasteiger partial charge in [0.1, 0.15) is 0 Å². The van der Waals surface area contributed by atoms with Crippen molar-refractivity contribution in [3.05, 3.63) is 5.21 Å². The van der Waals surface area contributed by atoms with Crippen LogP contribution in [-0.2, 0) is 0 Å². The van der Waals surface area contributed by atoms with Crippen LogP contribution in [0, 0.1) is 10.6 Å². The molecular weight excluding hydrogens is 126 g/mol. The summed E-state index contributed by atoms with van der Waals surface area (Å²) in [4.78, 5) is 0. The van der Waals surface area contributed by atoms with E-state index >= 15 is 0 Å². The fourth-order valence-corrected chi connectivity index (χ4v) is 1.50. The third-order valence-corrected chi connectivity index (χ3v) is 2.02. The Morgan fingerprint density at radius 3 is 2.40 bits per heavy atom. The lowest BCUT2D eigenvalue weighted by Crippen LogP contribution is -2.14. The van der Waals surface area contributed by atoms with Crippen LogP contribution in [0.2, 0.25) is 0 Å². The van der Waals surface area contributed by atoms with Gasteiger partial charge >= 0.3 is 0 Å². The van der Waals surface area contributed by atoms with Crippen LogP contribution in [0.15, 0.2) is 0 Å². The van der Waals surface area contributed by atoms with Gasteiger partial charge in [0.15, 0.2) is 12.3 Å². The smallest absolute Gasteiger partial charge is 0.164 e. The first kappa shape index (κ1) is 7.58. The summed E-state index contributed by atoms with van der Waals surface area (Å²) in [6, 6.07) is 0. The quantitative estimate of drug-likeness (QED) is 0.404. The predicted octanol–water partition coefficient (Wildman–Crippen LogP) is 1.78. The van der Waals surface area contributed by atoms with Crippen molar-refractivity contribution in [2.45, 2.75) is 33.6 Å². The van der Waals surface area contributed by atoms with Crippen molar-refractivity contribution >= 4 is 5.71 Å². The van der Waals surface area contributed by atoms with Crippen molar-refractivity contribution in [3.63, 3.8) is 0 Å². The zero-order valence-electron chi connectivity index (χ0n) is 6.98. The fraction of sp³-hybridized carbons (Fsp3) is 0.875. The van der Waals surface area contributed by atoms with Crippen molar-refractivity contribution < 1.29 is 4.74 Å². The van der Waals surface area contributed by atoms with Gasteiger partial charge in [0.05, 0.1) is 0 Å². The summed E-state index contributed by atoms with van der Waals surface area (Å²) in [5, 5.41) is 11.1. The first-order valence-corrected chi connectivity index (χ1v) is 3.84. The molecule has 10 heavy (non-hydrogen) atoms. The SMILES string of the molecule is CCC1=[N+]([O-])CC(C)(C)C1. The lowest BCUT2D eigenvalue weighted by atomic mass is 9.90. The summed E-state index contributed by atoms with van der Waals surface area (Å²) < 4.78 is 1.15. The van der Waals surface area contributed by atoms with E-state index in [1.807, 2.05) is 6.92 Å². The third kappa shape index (κ3) is 1.31. The highest BCUT2D eigenvalue weighted by molar-refractivity contribution is 5.81. The maximum atomic E-state index is 11.1. The Bertz CT molecular complexity index is 170. The van der Waals surface area contributed by atoms with Crippen LogP contribution in [-0.4, -0.2) is 17.0 Å². The zero-order chi connectivity index (χ0) is 7.78. The number of rotatable bonds is 1. The number of nitrogens with zero attached hydrogens (tertiary/aromatic N) is 1. The van der Waals surface area contributed by atoms with Crippen LogP contribution < -0.4 is 0 Å². The van der Waals surface area contributed by atoms with E-state index in [-0.39, 0.29) is 5.41 Å². The molecule has 1 aliphatic rings. The van der Waals surface area contributed by atoms with E-state index in [0.29, 0.717) is 6.54 Å². The molecule has 0 amide bonds. The molecule has 1 rings (SSSR count). The Hall–Kier alpha value is -0.530. The van der Waals surface area contributed by atoms with Crippen molar-refractivity contribution in [2.75, 3.05) is 6.54 Å². The van der Waals surface area contributed by atoms with E-state index in [2.05, 4.69) is 13.8 Å². The first-order valence-electron chi connectivity index (χ1n) is 3.84. The molecule has 0 bridgehead atoms. The third-order valence-electron chi connectivity index (χ3n) is 2.02. The molecule has 0 unspecified atom stereocenters. The van der Waals surface area contributed by atoms with Crippen molar-refractivity contribution in [1.29, 1.82) is 0 Å². The van der Waals surface area contributed by atoms with E-state index in [4.69, 9.17) is 0 Å². The van der Waals surface area contributed by atoms with Crippen molar-refractivity contribution in [2.24, 2.45) is 5.41 Å². The summed E-state index contributed by atoms with van der Waals surface area (Å²) >= 11 is 0. The Labute approximate surface area is 62.1 Å². The van der Waals surface area contributed by atoms with Gasteiger partial charge < -0.3 is 5.21 Å². The summed E-state index contributed by atoms with van der Waals surface area (Å²) in [6.45, 7) is 7.00. The Balaban J connectivity index is 2.68. The molecular formula is C8H15NO. The van der Waals surface area contributed by atoms with Crippen LogP contribution in [0.4, 0.5) is 0 Å². The molecule has 0 saturated carbocycles. The van der Waals surface area contributed by atoms with Gasteiger partial charge in [-0.25, -0.2) is 4.74 Å². The standard InChI is InChI=1S/C8H15NO/c1-4-7-5-8(2,3)6-9(7)10/h4-6H2,1-3H3. The van der Waals surface area contributed by atoms with Gasteiger partial charge in [-0.2, -0.15) is 0 Å². The van der Waals surface area contributed by atoms with Crippen LogP contribution >= 0.6 is 0 Å². The first-order chi connectivity index (χ1) is 4.55. The van der Waals surface area contributed by atoms with Crippen LogP contribution in [0.3, 0.4) is 0 Å². The second-order valence-corrected chi connectivity index (χ2v) is 3.80. The molecule has 58 valence electrons. The molecule has 0 aromatic heterocycles. The van der Waals surface area contributed by atoms with Crippen LogP contribution in [0.25, 0.3) is 0 Å². The summed E-state index contributed by atoms with van der Waals surface area (Å²) in [7, 11) is 0. The summed E-state index contributed by atoms with van der Waals surface area (Å²) in [5.74, 6) is 0. The monoisotopic (exact) mass is 141 g/mol. The molecule has 0 fully saturated rings. The normalized spacial score (nSPS) is 23.9. The average molecular weight is 141 g/mol. The van der Waals surface area contributed by atoms with E-state index in [1.165, 1.54) is 0 Å². The second-order valence-electron chi connectivity index (χ2n) is 3.80. The molecule has 0 radical (unpaired) electrons. The molecule has 0 aliphatic carbocycles. The van der Waals surface area contributed by atoms with E-state index in [0.717, 1.165) is 23.3 Å². The van der Waals surface area contributed by atoms with Crippen molar-refractivity contribution in [3.8, 4) is 0 Å². The largest absolute Gasteiger partial charge is 0.624 e. The second kappa shape index (κ2) is 2.26. The zero-order valence-corrected chi connectivity index (χ0v) is 6.98. The lowest BCUT2D eigenvalue weighted by molar-refractivity contribution is -0.461. The molecule has 1 heterocycles. The molecule has 0 spiro atoms. The molecule has 0 aromatic rings. The van der Waals surface area contributed by atoms with Gasteiger partial charge in [0.2, 0.25) is 0 Å².